The Balaban J connectivity index is 2.28. The molecule has 0 fully saturated rings. The van der Waals surface area contributed by atoms with Gasteiger partial charge < -0.3 is 15.8 Å². The molecule has 1 heterocycles. The molecule has 0 aliphatic rings. The van der Waals surface area contributed by atoms with E-state index >= 15 is 0 Å². The van der Waals surface area contributed by atoms with Gasteiger partial charge in [0.1, 0.15) is 17.1 Å². The molecule has 1 amide bonds. The minimum Gasteiger partial charge on any atom is -0.493 e. The van der Waals surface area contributed by atoms with E-state index in [0.717, 1.165) is 0 Å². The van der Waals surface area contributed by atoms with E-state index in [-0.39, 0.29) is 5.91 Å². The molecular weight excluding hydrogens is 232 g/mol. The highest BCUT2D eigenvalue weighted by molar-refractivity contribution is 6.09. The SMILES string of the molecule is CCOc1cccc(N)c1C(=O)Nc1ccn[nH]1. The van der Waals surface area contributed by atoms with Crippen LogP contribution in [0.2, 0.25) is 0 Å². The first-order valence-corrected chi connectivity index (χ1v) is 5.54. The second-order valence-electron chi connectivity index (χ2n) is 3.58. The molecule has 0 saturated heterocycles. The number of hydrogen-bond donors (Lipinski definition) is 3. The molecule has 2 rings (SSSR count). The number of amides is 1. The second-order valence-corrected chi connectivity index (χ2v) is 3.58. The normalized spacial score (nSPS) is 10.1. The number of nitrogens with two attached hydrogens (primary N) is 1. The number of nitrogens with one attached hydrogen (secondary N) is 2. The molecule has 2 aromatic rings. The van der Waals surface area contributed by atoms with Crippen LogP contribution in [0.25, 0.3) is 0 Å². The number of H-pyrrole nitrogens is 1. The summed E-state index contributed by atoms with van der Waals surface area (Å²) in [5.74, 6) is 0.640. The van der Waals surface area contributed by atoms with Crippen molar-refractivity contribution < 1.29 is 9.53 Å². The van der Waals surface area contributed by atoms with Gasteiger partial charge in [0.25, 0.3) is 5.91 Å². The summed E-state index contributed by atoms with van der Waals surface area (Å²) in [4.78, 5) is 12.1. The molecule has 0 aliphatic carbocycles. The minimum atomic E-state index is -0.333. The minimum absolute atomic E-state index is 0.328. The van der Waals surface area contributed by atoms with E-state index in [1.165, 1.54) is 0 Å². The number of aromatic amines is 1. The van der Waals surface area contributed by atoms with Crippen molar-refractivity contribution in [3.63, 3.8) is 0 Å². The maximum absolute atomic E-state index is 12.1. The summed E-state index contributed by atoms with van der Waals surface area (Å²) in [5.41, 5.74) is 6.52. The predicted molar refractivity (Wildman–Crippen MR) is 68.6 cm³/mol. The summed E-state index contributed by atoms with van der Waals surface area (Å²) >= 11 is 0. The first kappa shape index (κ1) is 12.0. The van der Waals surface area contributed by atoms with Gasteiger partial charge in [-0.05, 0) is 19.1 Å². The highest BCUT2D eigenvalue weighted by Crippen LogP contribution is 2.25. The van der Waals surface area contributed by atoms with E-state index in [4.69, 9.17) is 10.5 Å². The molecule has 6 nitrogen and oxygen atoms in total. The van der Waals surface area contributed by atoms with Crippen LogP contribution in [0.5, 0.6) is 5.75 Å². The molecule has 0 spiro atoms. The zero-order valence-corrected chi connectivity index (χ0v) is 9.93. The standard InChI is InChI=1S/C12H14N4O2/c1-2-18-9-5-3-4-8(13)11(9)12(17)15-10-6-7-14-16-10/h3-7H,2,13H2,1H3,(H2,14,15,16,17). The number of anilines is 2. The Labute approximate surface area is 104 Å². The molecule has 6 heteroatoms. The van der Waals surface area contributed by atoms with Crippen LogP contribution in [0.1, 0.15) is 17.3 Å². The fourth-order valence-electron chi connectivity index (χ4n) is 1.58. The van der Waals surface area contributed by atoms with Crippen molar-refractivity contribution in [2.75, 3.05) is 17.7 Å². The lowest BCUT2D eigenvalue weighted by Gasteiger charge is -2.11. The van der Waals surface area contributed by atoms with Gasteiger partial charge in [0.2, 0.25) is 0 Å². The largest absolute Gasteiger partial charge is 0.493 e. The lowest BCUT2D eigenvalue weighted by atomic mass is 10.1. The lowest BCUT2D eigenvalue weighted by molar-refractivity contribution is 0.102. The predicted octanol–water partition coefficient (Wildman–Crippen LogP) is 1.64. The van der Waals surface area contributed by atoms with Crippen LogP contribution in [-0.2, 0) is 0 Å². The molecule has 0 unspecified atom stereocenters. The molecule has 0 saturated carbocycles. The molecular formula is C12H14N4O2. The van der Waals surface area contributed by atoms with Crippen LogP contribution in [0.4, 0.5) is 11.5 Å². The van der Waals surface area contributed by atoms with Crippen molar-refractivity contribution >= 4 is 17.4 Å². The number of rotatable bonds is 4. The molecule has 0 aliphatic heterocycles. The molecule has 4 N–H and O–H groups in total. The number of ether oxygens (including phenoxy) is 1. The van der Waals surface area contributed by atoms with Gasteiger partial charge in [0, 0.05) is 11.8 Å². The van der Waals surface area contributed by atoms with Crippen LogP contribution in [0.15, 0.2) is 30.5 Å². The quantitative estimate of drug-likeness (QED) is 0.715. The molecule has 1 aromatic heterocycles. The Kier molecular flexibility index (Phi) is 3.47. The molecule has 0 bridgehead atoms. The van der Waals surface area contributed by atoms with E-state index in [1.54, 1.807) is 30.5 Å². The average Bonchev–Trinajstić information content (AvgIpc) is 2.82. The van der Waals surface area contributed by atoms with Gasteiger partial charge in [-0.25, -0.2) is 0 Å². The fraction of sp³-hybridized carbons (Fsp3) is 0.167. The van der Waals surface area contributed by atoms with Gasteiger partial charge in [-0.2, -0.15) is 5.10 Å². The van der Waals surface area contributed by atoms with E-state index in [1.807, 2.05) is 6.92 Å². The number of carbonyl (C=O) groups excluding carboxylic acids is 1. The van der Waals surface area contributed by atoms with Crippen molar-refractivity contribution in [1.82, 2.24) is 10.2 Å². The number of nitrogen functional groups attached to an aromatic ring is 1. The lowest BCUT2D eigenvalue weighted by Crippen LogP contribution is -2.16. The van der Waals surface area contributed by atoms with Crippen LogP contribution in [0, 0.1) is 0 Å². The van der Waals surface area contributed by atoms with Crippen molar-refractivity contribution in [3.05, 3.63) is 36.0 Å². The van der Waals surface area contributed by atoms with Crippen LogP contribution >= 0.6 is 0 Å². The van der Waals surface area contributed by atoms with E-state index in [0.29, 0.717) is 29.4 Å². The van der Waals surface area contributed by atoms with Gasteiger partial charge in [-0.1, -0.05) is 6.07 Å². The van der Waals surface area contributed by atoms with Gasteiger partial charge in [-0.15, -0.1) is 0 Å². The molecule has 94 valence electrons. The van der Waals surface area contributed by atoms with Crippen molar-refractivity contribution in [1.29, 1.82) is 0 Å². The third-order valence-electron chi connectivity index (χ3n) is 2.33. The third kappa shape index (κ3) is 2.42. The zero-order valence-electron chi connectivity index (χ0n) is 9.93. The highest BCUT2D eigenvalue weighted by Gasteiger charge is 2.16. The molecule has 0 radical (unpaired) electrons. The van der Waals surface area contributed by atoms with Crippen LogP contribution in [-0.4, -0.2) is 22.7 Å². The number of benzene rings is 1. The Hall–Kier alpha value is -2.50. The van der Waals surface area contributed by atoms with Gasteiger partial charge in [0.05, 0.1) is 12.8 Å². The summed E-state index contributed by atoms with van der Waals surface area (Å²) in [7, 11) is 0. The highest BCUT2D eigenvalue weighted by atomic mass is 16.5. The first-order chi connectivity index (χ1) is 8.72. The van der Waals surface area contributed by atoms with Crippen molar-refractivity contribution in [2.45, 2.75) is 6.92 Å². The molecule has 1 aromatic carbocycles. The van der Waals surface area contributed by atoms with Gasteiger partial charge in [-0.3, -0.25) is 9.89 Å². The van der Waals surface area contributed by atoms with Crippen LogP contribution < -0.4 is 15.8 Å². The monoisotopic (exact) mass is 246 g/mol. The summed E-state index contributed by atoms with van der Waals surface area (Å²) in [6, 6.07) is 6.76. The number of nitrogens with zero attached hydrogens (tertiary/aromatic N) is 1. The maximum atomic E-state index is 12.1. The summed E-state index contributed by atoms with van der Waals surface area (Å²) < 4.78 is 5.39. The average molecular weight is 246 g/mol. The zero-order chi connectivity index (χ0) is 13.0. The van der Waals surface area contributed by atoms with E-state index < -0.39 is 0 Å². The first-order valence-electron chi connectivity index (χ1n) is 5.54. The fourth-order valence-corrected chi connectivity index (χ4v) is 1.58. The maximum Gasteiger partial charge on any atom is 0.262 e. The van der Waals surface area contributed by atoms with Crippen molar-refractivity contribution in [2.24, 2.45) is 0 Å². The molecule has 18 heavy (non-hydrogen) atoms. The number of hydrogen-bond acceptors (Lipinski definition) is 4. The van der Waals surface area contributed by atoms with Crippen LogP contribution in [0.3, 0.4) is 0 Å². The van der Waals surface area contributed by atoms with E-state index in [9.17, 15) is 4.79 Å². The summed E-state index contributed by atoms with van der Waals surface area (Å²) in [6.07, 6.45) is 1.55. The Morgan fingerprint density at radius 3 is 3.00 bits per heavy atom. The topological polar surface area (TPSA) is 93.0 Å². The van der Waals surface area contributed by atoms with E-state index in [2.05, 4.69) is 15.5 Å². The van der Waals surface area contributed by atoms with Gasteiger partial charge >= 0.3 is 0 Å². The summed E-state index contributed by atoms with van der Waals surface area (Å²) in [5, 5.41) is 9.05. The Morgan fingerprint density at radius 1 is 1.50 bits per heavy atom. The second kappa shape index (κ2) is 5.22. The number of carbonyl (C=O) groups is 1. The number of aromatic nitrogens is 2. The summed E-state index contributed by atoms with van der Waals surface area (Å²) in [6.45, 7) is 2.31. The van der Waals surface area contributed by atoms with Crippen molar-refractivity contribution in [3.8, 4) is 5.75 Å². The van der Waals surface area contributed by atoms with Gasteiger partial charge in [0.15, 0.2) is 0 Å². The Bertz CT molecular complexity index is 537. The molecule has 0 atom stereocenters. The Morgan fingerprint density at radius 2 is 2.33 bits per heavy atom. The third-order valence-corrected chi connectivity index (χ3v) is 2.33. The smallest absolute Gasteiger partial charge is 0.262 e.